The van der Waals surface area contributed by atoms with E-state index >= 15 is 0 Å². The number of unbranched alkanes of at least 4 members (excludes halogenated alkanes) is 1. The molecule has 176 valence electrons. The molecule has 0 bridgehead atoms. The Morgan fingerprint density at radius 3 is 2.55 bits per heavy atom. The van der Waals surface area contributed by atoms with E-state index in [1.54, 1.807) is 7.11 Å². The molecule has 1 aliphatic rings. The van der Waals surface area contributed by atoms with Crippen molar-refractivity contribution in [2.45, 2.75) is 64.5 Å². The maximum Gasteiger partial charge on any atom is 0.223 e. The summed E-state index contributed by atoms with van der Waals surface area (Å²) in [6, 6.07) is 15.7. The number of ether oxygens (including phenoxy) is 2. The number of aryl methyl sites for hydroxylation is 1. The maximum atomic E-state index is 12.8. The van der Waals surface area contributed by atoms with Crippen LogP contribution in [0.15, 0.2) is 48.5 Å². The van der Waals surface area contributed by atoms with Crippen LogP contribution in [0.25, 0.3) is 11.0 Å². The van der Waals surface area contributed by atoms with Gasteiger partial charge in [-0.1, -0.05) is 31.4 Å². The molecule has 1 unspecified atom stereocenters. The first-order valence-corrected chi connectivity index (χ1v) is 12.2. The van der Waals surface area contributed by atoms with Gasteiger partial charge < -0.3 is 19.4 Å². The molecule has 6 nitrogen and oxygen atoms in total. The van der Waals surface area contributed by atoms with Gasteiger partial charge in [-0.05, 0) is 69.0 Å². The predicted molar refractivity (Wildman–Crippen MR) is 131 cm³/mol. The molecule has 0 saturated heterocycles. The minimum absolute atomic E-state index is 0.123. The third kappa shape index (κ3) is 5.86. The number of aromatic nitrogens is 2. The van der Waals surface area contributed by atoms with Crippen LogP contribution in [0.4, 0.5) is 0 Å². The van der Waals surface area contributed by atoms with Crippen molar-refractivity contribution in [2.75, 3.05) is 13.7 Å². The van der Waals surface area contributed by atoms with E-state index in [9.17, 15) is 4.79 Å². The van der Waals surface area contributed by atoms with E-state index in [2.05, 4.69) is 16.0 Å². The molecule has 1 saturated carbocycles. The van der Waals surface area contributed by atoms with Gasteiger partial charge >= 0.3 is 0 Å². The Labute approximate surface area is 196 Å². The summed E-state index contributed by atoms with van der Waals surface area (Å²) in [5.41, 5.74) is 2.09. The molecular weight excluding hydrogens is 414 g/mol. The van der Waals surface area contributed by atoms with Crippen molar-refractivity contribution < 1.29 is 14.3 Å². The van der Waals surface area contributed by atoms with E-state index in [4.69, 9.17) is 14.5 Å². The van der Waals surface area contributed by atoms with Crippen LogP contribution in [0.1, 0.15) is 63.7 Å². The van der Waals surface area contributed by atoms with Crippen LogP contribution in [-0.2, 0) is 11.3 Å². The third-order valence-electron chi connectivity index (χ3n) is 6.51. The number of imidazole rings is 1. The molecule has 1 fully saturated rings. The number of hydrogen-bond donors (Lipinski definition) is 1. The molecule has 0 spiro atoms. The summed E-state index contributed by atoms with van der Waals surface area (Å²) in [4.78, 5) is 17.7. The van der Waals surface area contributed by atoms with Crippen LogP contribution in [0.2, 0.25) is 0 Å². The van der Waals surface area contributed by atoms with Crippen molar-refractivity contribution in [1.29, 1.82) is 0 Å². The van der Waals surface area contributed by atoms with Crippen molar-refractivity contribution in [1.82, 2.24) is 14.9 Å². The Balaban J connectivity index is 1.36. The zero-order valence-electron chi connectivity index (χ0n) is 19.8. The predicted octanol–water partition coefficient (Wildman–Crippen LogP) is 5.66. The first-order valence-electron chi connectivity index (χ1n) is 12.2. The second kappa shape index (κ2) is 11.2. The van der Waals surface area contributed by atoms with E-state index in [0.29, 0.717) is 6.61 Å². The molecular formula is C27H35N3O3. The van der Waals surface area contributed by atoms with Crippen molar-refractivity contribution in [3.05, 3.63) is 54.4 Å². The average Bonchev–Trinajstić information content (AvgIpc) is 3.23. The fraction of sp³-hybridized carbons (Fsp3) is 0.481. The molecule has 0 radical (unpaired) electrons. The summed E-state index contributed by atoms with van der Waals surface area (Å²) in [6.45, 7) is 3.54. The van der Waals surface area contributed by atoms with Crippen molar-refractivity contribution >= 4 is 16.9 Å². The summed E-state index contributed by atoms with van der Waals surface area (Å²) in [5, 5.41) is 3.24. The van der Waals surface area contributed by atoms with Crippen LogP contribution >= 0.6 is 0 Å². The summed E-state index contributed by atoms with van der Waals surface area (Å²) in [7, 11) is 1.66. The lowest BCUT2D eigenvalue weighted by Crippen LogP contribution is -2.35. The van der Waals surface area contributed by atoms with Gasteiger partial charge in [0.2, 0.25) is 5.91 Å². The lowest BCUT2D eigenvalue weighted by atomic mass is 9.88. The van der Waals surface area contributed by atoms with E-state index < -0.39 is 0 Å². The Morgan fingerprint density at radius 2 is 1.79 bits per heavy atom. The summed E-state index contributed by atoms with van der Waals surface area (Å²) >= 11 is 0. The van der Waals surface area contributed by atoms with Gasteiger partial charge in [0, 0.05) is 12.5 Å². The van der Waals surface area contributed by atoms with Gasteiger partial charge in [-0.25, -0.2) is 4.98 Å². The highest BCUT2D eigenvalue weighted by molar-refractivity contribution is 5.80. The number of hydrogen-bond acceptors (Lipinski definition) is 4. The van der Waals surface area contributed by atoms with Gasteiger partial charge in [0.25, 0.3) is 0 Å². The molecule has 3 aromatic rings. The normalized spacial score (nSPS) is 15.3. The molecule has 1 aromatic heterocycles. The number of nitrogens with zero attached hydrogens (tertiary/aromatic N) is 2. The molecule has 1 amide bonds. The zero-order valence-corrected chi connectivity index (χ0v) is 19.8. The maximum absolute atomic E-state index is 12.8. The highest BCUT2D eigenvalue weighted by Gasteiger charge is 2.24. The quantitative estimate of drug-likeness (QED) is 0.406. The van der Waals surface area contributed by atoms with Gasteiger partial charge in [0.1, 0.15) is 17.3 Å². The van der Waals surface area contributed by atoms with Crippen LogP contribution < -0.4 is 14.8 Å². The molecule has 1 N–H and O–H groups in total. The third-order valence-corrected chi connectivity index (χ3v) is 6.51. The van der Waals surface area contributed by atoms with E-state index in [0.717, 1.165) is 73.4 Å². The summed E-state index contributed by atoms with van der Waals surface area (Å²) < 4.78 is 13.3. The monoisotopic (exact) mass is 449 g/mol. The summed E-state index contributed by atoms with van der Waals surface area (Å²) in [5.74, 6) is 2.93. The van der Waals surface area contributed by atoms with Crippen molar-refractivity contribution in [3.63, 3.8) is 0 Å². The molecule has 0 aliphatic heterocycles. The van der Waals surface area contributed by atoms with Crippen LogP contribution in [0, 0.1) is 5.92 Å². The van der Waals surface area contributed by atoms with Crippen LogP contribution in [-0.4, -0.2) is 29.2 Å². The molecule has 4 rings (SSSR count). The molecule has 1 aliphatic carbocycles. The van der Waals surface area contributed by atoms with E-state index in [1.165, 1.54) is 6.42 Å². The topological polar surface area (TPSA) is 65.4 Å². The fourth-order valence-electron chi connectivity index (χ4n) is 4.65. The second-order valence-corrected chi connectivity index (χ2v) is 8.91. The number of carbonyl (C=O) groups excluding carboxylic acids is 1. The smallest absolute Gasteiger partial charge is 0.223 e. The Kier molecular flexibility index (Phi) is 7.87. The highest BCUT2D eigenvalue weighted by Crippen LogP contribution is 2.26. The van der Waals surface area contributed by atoms with Crippen molar-refractivity contribution in [2.24, 2.45) is 5.92 Å². The fourth-order valence-corrected chi connectivity index (χ4v) is 4.65. The first-order chi connectivity index (χ1) is 16.2. The molecule has 6 heteroatoms. The number of benzene rings is 2. The lowest BCUT2D eigenvalue weighted by Gasteiger charge is -2.23. The number of methoxy groups -OCH3 is 1. The molecule has 1 heterocycles. The average molecular weight is 450 g/mol. The number of amides is 1. The van der Waals surface area contributed by atoms with Gasteiger partial charge in [-0.15, -0.1) is 0 Å². The number of nitrogens with one attached hydrogen (secondary N) is 1. The zero-order chi connectivity index (χ0) is 23.0. The number of para-hydroxylation sites is 2. The van der Waals surface area contributed by atoms with E-state index in [1.807, 2.05) is 49.4 Å². The second-order valence-electron chi connectivity index (χ2n) is 8.91. The number of carbonyl (C=O) groups is 1. The van der Waals surface area contributed by atoms with Gasteiger partial charge in [0.05, 0.1) is 30.8 Å². The number of fused-ring (bicyclic) bond motifs is 1. The standard InChI is InChI=1S/C27H35N3O3/c1-20(28-27(31)21-10-4-3-5-11-21)26-29-24-12-6-7-13-25(24)30(26)18-8-9-19-33-23-16-14-22(32-2)15-17-23/h6-7,12-17,20-21H,3-5,8-11,18-19H2,1-2H3,(H,28,31). The van der Waals surface area contributed by atoms with E-state index in [-0.39, 0.29) is 17.9 Å². The largest absolute Gasteiger partial charge is 0.497 e. The van der Waals surface area contributed by atoms with Gasteiger partial charge in [-0.2, -0.15) is 0 Å². The number of rotatable bonds is 10. The molecule has 33 heavy (non-hydrogen) atoms. The van der Waals surface area contributed by atoms with Crippen LogP contribution in [0.5, 0.6) is 11.5 Å². The highest BCUT2D eigenvalue weighted by atomic mass is 16.5. The van der Waals surface area contributed by atoms with Gasteiger partial charge in [0.15, 0.2) is 0 Å². The minimum Gasteiger partial charge on any atom is -0.497 e. The Hall–Kier alpha value is -3.02. The summed E-state index contributed by atoms with van der Waals surface area (Å²) in [6.07, 6.45) is 7.46. The lowest BCUT2D eigenvalue weighted by molar-refractivity contribution is -0.126. The first kappa shape index (κ1) is 23.1. The SMILES string of the molecule is COc1ccc(OCCCCn2c(C(C)NC(=O)C3CCCCC3)nc3ccccc32)cc1. The van der Waals surface area contributed by atoms with Gasteiger partial charge in [-0.3, -0.25) is 4.79 Å². The Morgan fingerprint density at radius 1 is 1.06 bits per heavy atom. The minimum atomic E-state index is -0.123. The Bertz CT molecular complexity index is 1040. The molecule has 1 atom stereocenters. The van der Waals surface area contributed by atoms with Crippen molar-refractivity contribution in [3.8, 4) is 11.5 Å². The van der Waals surface area contributed by atoms with Crippen LogP contribution in [0.3, 0.4) is 0 Å². The molecule has 2 aromatic carbocycles.